The first-order chi connectivity index (χ1) is 9.81. The van der Waals surface area contributed by atoms with Crippen LogP contribution in [-0.2, 0) is 4.79 Å². The van der Waals surface area contributed by atoms with Gasteiger partial charge in [0.25, 0.3) is 5.91 Å². The SMILES string of the molecule is CCN(CC)c1cc(Cl)c(C(=O)NC(C)C(=O)O)c(Cl)c1. The Bertz CT molecular complexity index is 522. The maximum Gasteiger partial charge on any atom is 0.325 e. The van der Waals surface area contributed by atoms with Crippen LogP contribution in [0.3, 0.4) is 0 Å². The van der Waals surface area contributed by atoms with Crippen LogP contribution < -0.4 is 10.2 Å². The fourth-order valence-corrected chi connectivity index (χ4v) is 2.53. The van der Waals surface area contributed by atoms with Crippen molar-refractivity contribution >= 4 is 40.8 Å². The van der Waals surface area contributed by atoms with Gasteiger partial charge in [0.1, 0.15) is 6.04 Å². The summed E-state index contributed by atoms with van der Waals surface area (Å²) in [5, 5.41) is 11.5. The second kappa shape index (κ2) is 7.52. The van der Waals surface area contributed by atoms with Crippen molar-refractivity contribution in [2.45, 2.75) is 26.8 Å². The van der Waals surface area contributed by atoms with Crippen LogP contribution in [-0.4, -0.2) is 36.1 Å². The topological polar surface area (TPSA) is 69.6 Å². The predicted octanol–water partition coefficient (Wildman–Crippen LogP) is 3.04. The van der Waals surface area contributed by atoms with E-state index in [4.69, 9.17) is 28.3 Å². The zero-order valence-electron chi connectivity index (χ0n) is 12.1. The molecule has 0 bridgehead atoms. The fourth-order valence-electron chi connectivity index (χ4n) is 1.88. The van der Waals surface area contributed by atoms with Crippen LogP contribution in [0.1, 0.15) is 31.1 Å². The molecule has 0 radical (unpaired) electrons. The smallest absolute Gasteiger partial charge is 0.325 e. The second-order valence-corrected chi connectivity index (χ2v) is 5.30. The molecule has 0 saturated carbocycles. The first kappa shape index (κ1) is 17.6. The molecule has 0 fully saturated rings. The molecule has 1 unspecified atom stereocenters. The van der Waals surface area contributed by atoms with Gasteiger partial charge < -0.3 is 15.3 Å². The number of halogens is 2. The Hall–Kier alpha value is -1.46. The summed E-state index contributed by atoms with van der Waals surface area (Å²) >= 11 is 12.3. The molecule has 1 atom stereocenters. The Kier molecular flexibility index (Phi) is 6.30. The van der Waals surface area contributed by atoms with Gasteiger partial charge >= 0.3 is 5.97 Å². The van der Waals surface area contributed by atoms with Crippen molar-refractivity contribution in [3.63, 3.8) is 0 Å². The fraction of sp³-hybridized carbons (Fsp3) is 0.429. The molecule has 1 aromatic rings. The third-order valence-corrected chi connectivity index (χ3v) is 3.70. The van der Waals surface area contributed by atoms with Crippen molar-refractivity contribution in [1.82, 2.24) is 5.32 Å². The average Bonchev–Trinajstić information content (AvgIpc) is 2.39. The van der Waals surface area contributed by atoms with Crippen LogP contribution in [0, 0.1) is 0 Å². The molecule has 0 aromatic heterocycles. The molecule has 0 saturated heterocycles. The molecule has 1 amide bonds. The van der Waals surface area contributed by atoms with Crippen molar-refractivity contribution in [2.75, 3.05) is 18.0 Å². The van der Waals surface area contributed by atoms with Gasteiger partial charge in [-0.2, -0.15) is 0 Å². The number of nitrogens with one attached hydrogen (secondary N) is 1. The number of hydrogen-bond donors (Lipinski definition) is 2. The summed E-state index contributed by atoms with van der Waals surface area (Å²) in [6.07, 6.45) is 0. The van der Waals surface area contributed by atoms with Gasteiger partial charge in [-0.15, -0.1) is 0 Å². The average molecular weight is 333 g/mol. The Morgan fingerprint density at radius 2 is 1.71 bits per heavy atom. The summed E-state index contributed by atoms with van der Waals surface area (Å²) in [4.78, 5) is 24.9. The van der Waals surface area contributed by atoms with Gasteiger partial charge in [-0.3, -0.25) is 9.59 Å². The third kappa shape index (κ3) is 4.25. The van der Waals surface area contributed by atoms with Crippen molar-refractivity contribution in [2.24, 2.45) is 0 Å². The minimum Gasteiger partial charge on any atom is -0.480 e. The van der Waals surface area contributed by atoms with Gasteiger partial charge in [0.2, 0.25) is 0 Å². The van der Waals surface area contributed by atoms with E-state index in [2.05, 4.69) is 5.32 Å². The van der Waals surface area contributed by atoms with E-state index in [0.717, 1.165) is 18.8 Å². The van der Waals surface area contributed by atoms with E-state index in [1.54, 1.807) is 12.1 Å². The van der Waals surface area contributed by atoms with Gasteiger partial charge in [-0.1, -0.05) is 23.2 Å². The van der Waals surface area contributed by atoms with Gasteiger partial charge in [0, 0.05) is 18.8 Å². The van der Waals surface area contributed by atoms with Crippen molar-refractivity contribution < 1.29 is 14.7 Å². The van der Waals surface area contributed by atoms with E-state index in [1.165, 1.54) is 6.92 Å². The van der Waals surface area contributed by atoms with E-state index in [1.807, 2.05) is 18.7 Å². The Balaban J connectivity index is 3.10. The summed E-state index contributed by atoms with van der Waals surface area (Å²) in [7, 11) is 0. The van der Waals surface area contributed by atoms with Crippen LogP contribution in [0.5, 0.6) is 0 Å². The van der Waals surface area contributed by atoms with E-state index in [9.17, 15) is 9.59 Å². The number of hydrogen-bond acceptors (Lipinski definition) is 3. The van der Waals surface area contributed by atoms with Gasteiger partial charge in [0.15, 0.2) is 0 Å². The maximum atomic E-state index is 12.1. The zero-order chi connectivity index (χ0) is 16.2. The van der Waals surface area contributed by atoms with E-state index < -0.39 is 17.9 Å². The lowest BCUT2D eigenvalue weighted by atomic mass is 10.1. The van der Waals surface area contributed by atoms with Gasteiger partial charge in [-0.25, -0.2) is 0 Å². The molecule has 0 aliphatic heterocycles. The number of carbonyl (C=O) groups excluding carboxylic acids is 1. The Morgan fingerprint density at radius 1 is 1.24 bits per heavy atom. The largest absolute Gasteiger partial charge is 0.480 e. The van der Waals surface area contributed by atoms with E-state index >= 15 is 0 Å². The normalized spacial score (nSPS) is 11.9. The highest BCUT2D eigenvalue weighted by Crippen LogP contribution is 2.31. The monoisotopic (exact) mass is 332 g/mol. The van der Waals surface area contributed by atoms with Crippen LogP contribution in [0.2, 0.25) is 10.0 Å². The van der Waals surface area contributed by atoms with Crippen molar-refractivity contribution in [3.8, 4) is 0 Å². The number of amides is 1. The molecular weight excluding hydrogens is 315 g/mol. The molecule has 0 heterocycles. The molecule has 0 aliphatic carbocycles. The summed E-state index contributed by atoms with van der Waals surface area (Å²) < 4.78 is 0. The summed E-state index contributed by atoms with van der Waals surface area (Å²) in [5.74, 6) is -1.73. The first-order valence-corrected chi connectivity index (χ1v) is 7.35. The molecule has 0 aliphatic rings. The van der Waals surface area contributed by atoms with Crippen LogP contribution in [0.15, 0.2) is 12.1 Å². The number of nitrogens with zero attached hydrogens (tertiary/aromatic N) is 1. The minimum absolute atomic E-state index is 0.0855. The quantitative estimate of drug-likeness (QED) is 0.839. The number of carboxylic acids is 1. The van der Waals surface area contributed by atoms with Crippen molar-refractivity contribution in [3.05, 3.63) is 27.7 Å². The zero-order valence-corrected chi connectivity index (χ0v) is 13.6. The molecule has 21 heavy (non-hydrogen) atoms. The molecule has 0 spiro atoms. The summed E-state index contributed by atoms with van der Waals surface area (Å²) in [6, 6.07) is 2.29. The molecule has 1 rings (SSSR count). The standard InChI is InChI=1S/C14H18Cl2N2O3/c1-4-18(5-2)9-6-10(15)12(11(16)7-9)13(19)17-8(3)14(20)21/h6-8H,4-5H2,1-3H3,(H,17,19)(H,20,21). The minimum atomic E-state index is -1.13. The molecular formula is C14H18Cl2N2O3. The molecule has 7 heteroatoms. The highest BCUT2D eigenvalue weighted by molar-refractivity contribution is 6.40. The Labute approximate surface area is 133 Å². The number of carboxylic acid groups (broad SMARTS) is 1. The summed E-state index contributed by atoms with van der Waals surface area (Å²) in [6.45, 7) is 6.93. The van der Waals surface area contributed by atoms with E-state index in [-0.39, 0.29) is 15.6 Å². The van der Waals surface area contributed by atoms with Crippen molar-refractivity contribution in [1.29, 1.82) is 0 Å². The number of rotatable bonds is 6. The third-order valence-electron chi connectivity index (χ3n) is 3.10. The number of benzene rings is 1. The van der Waals surface area contributed by atoms with Crippen LogP contribution in [0.4, 0.5) is 5.69 Å². The summed E-state index contributed by atoms with van der Waals surface area (Å²) in [5.41, 5.74) is 0.903. The number of carbonyl (C=O) groups is 2. The second-order valence-electron chi connectivity index (χ2n) is 4.49. The maximum absolute atomic E-state index is 12.1. The van der Waals surface area contributed by atoms with Gasteiger partial charge in [0.05, 0.1) is 15.6 Å². The lowest BCUT2D eigenvalue weighted by Crippen LogP contribution is -2.38. The van der Waals surface area contributed by atoms with E-state index in [0.29, 0.717) is 0 Å². The van der Waals surface area contributed by atoms with Crippen LogP contribution in [0.25, 0.3) is 0 Å². The molecule has 1 aromatic carbocycles. The lowest BCUT2D eigenvalue weighted by molar-refractivity contribution is -0.138. The predicted molar refractivity (Wildman–Crippen MR) is 84.6 cm³/mol. The van der Waals surface area contributed by atoms with Crippen LogP contribution >= 0.6 is 23.2 Å². The molecule has 5 nitrogen and oxygen atoms in total. The number of anilines is 1. The highest BCUT2D eigenvalue weighted by Gasteiger charge is 2.21. The van der Waals surface area contributed by atoms with Gasteiger partial charge in [-0.05, 0) is 32.9 Å². The lowest BCUT2D eigenvalue weighted by Gasteiger charge is -2.22. The molecule has 2 N–H and O–H groups in total. The first-order valence-electron chi connectivity index (χ1n) is 6.59. The Morgan fingerprint density at radius 3 is 2.10 bits per heavy atom. The number of aliphatic carboxylic acids is 1. The molecule has 116 valence electrons. The highest BCUT2D eigenvalue weighted by atomic mass is 35.5.